The van der Waals surface area contributed by atoms with Crippen LogP contribution >= 0.6 is 0 Å². The second-order valence-corrected chi connectivity index (χ2v) is 5.70. The lowest BCUT2D eigenvalue weighted by Gasteiger charge is -2.04. The molecule has 4 aromatic rings. The summed E-state index contributed by atoms with van der Waals surface area (Å²) in [6, 6.07) is 17.4. The largest absolute Gasteiger partial charge is 0.464 e. The van der Waals surface area contributed by atoms with Crippen molar-refractivity contribution in [2.75, 3.05) is 0 Å². The zero-order chi connectivity index (χ0) is 16.8. The van der Waals surface area contributed by atoms with Crippen LogP contribution in [0.25, 0.3) is 38.6 Å². The van der Waals surface area contributed by atoms with Gasteiger partial charge >= 0.3 is 0 Å². The molecule has 0 spiro atoms. The molecule has 0 unspecified atom stereocenters. The molecule has 0 atom stereocenters. The summed E-state index contributed by atoms with van der Waals surface area (Å²) in [5.74, 6) is 0.792. The molecule has 0 aliphatic heterocycles. The predicted octanol–water partition coefficient (Wildman–Crippen LogP) is 4.54. The van der Waals surface area contributed by atoms with E-state index in [0.717, 1.165) is 39.2 Å². The third-order valence-corrected chi connectivity index (χ3v) is 4.28. The van der Waals surface area contributed by atoms with Gasteiger partial charge in [-0.05, 0) is 30.3 Å². The van der Waals surface area contributed by atoms with Gasteiger partial charge in [-0.1, -0.05) is 24.3 Å². The van der Waals surface area contributed by atoms with Crippen molar-refractivity contribution in [2.24, 2.45) is 5.10 Å². The maximum Gasteiger partial charge on any atom is 0.181 e. The molecular weight excluding hydrogens is 312 g/mol. The quantitative estimate of drug-likeness (QED) is 0.336. The summed E-state index contributed by atoms with van der Waals surface area (Å²) in [5.41, 5.74) is 6.37. The molecule has 2 aromatic heterocycles. The molecule has 2 heterocycles. The average Bonchev–Trinajstić information content (AvgIpc) is 3.28. The molecule has 0 saturated heterocycles. The number of hydrogen-bond acceptors (Lipinski definition) is 4. The zero-order valence-corrected chi connectivity index (χ0v) is 13.0. The van der Waals surface area contributed by atoms with E-state index in [0.29, 0.717) is 11.4 Å². The van der Waals surface area contributed by atoms with Crippen LogP contribution in [0.3, 0.4) is 0 Å². The minimum atomic E-state index is 0.588. The van der Waals surface area contributed by atoms with Crippen molar-refractivity contribution in [3.8, 4) is 22.6 Å². The molecule has 116 valence electrons. The van der Waals surface area contributed by atoms with Gasteiger partial charge in [0.25, 0.3) is 0 Å². The van der Waals surface area contributed by atoms with E-state index in [1.165, 1.54) is 0 Å². The second kappa shape index (κ2) is 5.11. The van der Waals surface area contributed by atoms with E-state index in [1.54, 1.807) is 6.26 Å². The van der Waals surface area contributed by atoms with Crippen LogP contribution in [0.15, 0.2) is 70.4 Å². The topological polar surface area (TPSA) is 55.6 Å². The van der Waals surface area contributed by atoms with E-state index < -0.39 is 0 Å². The highest BCUT2D eigenvalue weighted by molar-refractivity contribution is 6.23. The van der Waals surface area contributed by atoms with Crippen LogP contribution in [0.1, 0.15) is 11.3 Å². The fraction of sp³-hybridized carbons (Fsp3) is 0. The number of hydrogen-bond donors (Lipinski definition) is 0. The SMILES string of the molecule is [C-]#[N+]/N=C1\c2ccccc2-c2nc3cc(-c4ccco4)ccc3nc21. The summed E-state index contributed by atoms with van der Waals surface area (Å²) in [4.78, 5) is 12.7. The highest BCUT2D eigenvalue weighted by Crippen LogP contribution is 2.36. The van der Waals surface area contributed by atoms with Crippen molar-refractivity contribution in [3.63, 3.8) is 0 Å². The molecule has 5 rings (SSSR count). The van der Waals surface area contributed by atoms with Gasteiger partial charge in [0, 0.05) is 16.7 Å². The Labute approximate surface area is 143 Å². The third-order valence-electron chi connectivity index (χ3n) is 4.28. The molecular formula is C20H10N4O. The molecule has 0 N–H and O–H groups in total. The summed E-state index contributed by atoms with van der Waals surface area (Å²) < 4.78 is 5.47. The van der Waals surface area contributed by atoms with Crippen LogP contribution in [0.2, 0.25) is 0 Å². The van der Waals surface area contributed by atoms with E-state index in [2.05, 4.69) is 10.1 Å². The van der Waals surface area contributed by atoms with Crippen molar-refractivity contribution in [2.45, 2.75) is 0 Å². The van der Waals surface area contributed by atoms with Gasteiger partial charge in [-0.3, -0.25) is 0 Å². The predicted molar refractivity (Wildman–Crippen MR) is 94.9 cm³/mol. The zero-order valence-electron chi connectivity index (χ0n) is 13.0. The summed E-state index contributed by atoms with van der Waals surface area (Å²) in [6.45, 7) is 7.10. The van der Waals surface area contributed by atoms with Crippen LogP contribution in [0, 0.1) is 6.57 Å². The minimum Gasteiger partial charge on any atom is -0.464 e. The lowest BCUT2D eigenvalue weighted by atomic mass is 10.1. The molecule has 25 heavy (non-hydrogen) atoms. The maximum absolute atomic E-state index is 7.10. The van der Waals surface area contributed by atoms with Crippen molar-refractivity contribution in [1.82, 2.24) is 9.97 Å². The van der Waals surface area contributed by atoms with Crippen molar-refractivity contribution < 1.29 is 4.42 Å². The Morgan fingerprint density at radius 1 is 0.880 bits per heavy atom. The highest BCUT2D eigenvalue weighted by atomic mass is 16.3. The Hall–Kier alpha value is -3.78. The van der Waals surface area contributed by atoms with Gasteiger partial charge in [0.15, 0.2) is 5.71 Å². The Morgan fingerprint density at radius 3 is 2.52 bits per heavy atom. The average molecular weight is 322 g/mol. The van der Waals surface area contributed by atoms with Crippen LogP contribution < -0.4 is 0 Å². The molecule has 2 aromatic carbocycles. The number of furan rings is 1. The molecule has 5 heteroatoms. The Bertz CT molecular complexity index is 1200. The Kier molecular flexibility index (Phi) is 2.79. The fourth-order valence-corrected chi connectivity index (χ4v) is 3.18. The first-order chi connectivity index (χ1) is 12.3. The molecule has 1 aliphatic carbocycles. The standard InChI is InChI=1S/C20H10N4O/c1-21-24-19-14-6-3-2-5-13(14)18-20(19)22-15-9-8-12(11-16(15)23-18)17-7-4-10-25-17/h2-11H/b24-19+. The van der Waals surface area contributed by atoms with Gasteiger partial charge in [0.05, 0.1) is 28.1 Å². The first kappa shape index (κ1) is 13.6. The van der Waals surface area contributed by atoms with E-state index in [9.17, 15) is 0 Å². The molecule has 0 bridgehead atoms. The highest BCUT2D eigenvalue weighted by Gasteiger charge is 2.30. The number of fused-ring (bicyclic) bond motifs is 4. The van der Waals surface area contributed by atoms with Crippen molar-refractivity contribution >= 4 is 16.7 Å². The molecule has 0 fully saturated rings. The number of aromatic nitrogens is 2. The van der Waals surface area contributed by atoms with Gasteiger partial charge in [0.2, 0.25) is 0 Å². The van der Waals surface area contributed by atoms with E-state index in [1.807, 2.05) is 54.6 Å². The number of benzene rings is 2. The van der Waals surface area contributed by atoms with Crippen LogP contribution in [-0.2, 0) is 0 Å². The Balaban J connectivity index is 1.79. The number of rotatable bonds is 1. The van der Waals surface area contributed by atoms with Crippen molar-refractivity contribution in [1.29, 1.82) is 0 Å². The van der Waals surface area contributed by atoms with Gasteiger partial charge in [-0.2, -0.15) is 6.57 Å². The molecule has 5 nitrogen and oxygen atoms in total. The summed E-state index contributed by atoms with van der Waals surface area (Å²) in [5, 5.41) is 3.96. The molecule has 1 aliphatic rings. The molecule has 0 radical (unpaired) electrons. The smallest absolute Gasteiger partial charge is 0.181 e. The molecule has 0 saturated carbocycles. The normalized spacial score (nSPS) is 13.6. The van der Waals surface area contributed by atoms with Crippen molar-refractivity contribution in [3.05, 3.63) is 83.6 Å². The first-order valence-corrected chi connectivity index (χ1v) is 7.75. The first-order valence-electron chi connectivity index (χ1n) is 7.75. The Morgan fingerprint density at radius 2 is 1.72 bits per heavy atom. The minimum absolute atomic E-state index is 0.588. The maximum atomic E-state index is 7.10. The van der Waals surface area contributed by atoms with Gasteiger partial charge in [-0.15, -0.1) is 4.95 Å². The van der Waals surface area contributed by atoms with Crippen LogP contribution in [0.4, 0.5) is 0 Å². The lowest BCUT2D eigenvalue weighted by Crippen LogP contribution is -2.01. The lowest BCUT2D eigenvalue weighted by molar-refractivity contribution is 0.582. The van der Waals surface area contributed by atoms with E-state index in [-0.39, 0.29) is 0 Å². The summed E-state index contributed by atoms with van der Waals surface area (Å²) in [7, 11) is 0. The van der Waals surface area contributed by atoms with Gasteiger partial charge in [-0.25, -0.2) is 9.97 Å². The third kappa shape index (κ3) is 1.98. The monoisotopic (exact) mass is 322 g/mol. The van der Waals surface area contributed by atoms with Crippen LogP contribution in [0.5, 0.6) is 0 Å². The summed E-state index contributed by atoms with van der Waals surface area (Å²) >= 11 is 0. The summed E-state index contributed by atoms with van der Waals surface area (Å²) in [6.07, 6.45) is 1.65. The van der Waals surface area contributed by atoms with Gasteiger partial charge in [0.1, 0.15) is 11.5 Å². The number of nitrogens with zero attached hydrogens (tertiary/aromatic N) is 4. The van der Waals surface area contributed by atoms with E-state index in [4.69, 9.17) is 21.0 Å². The second-order valence-electron chi connectivity index (χ2n) is 5.70. The molecule has 0 amide bonds. The van der Waals surface area contributed by atoms with Crippen LogP contribution in [-0.4, -0.2) is 15.7 Å². The van der Waals surface area contributed by atoms with Gasteiger partial charge < -0.3 is 4.42 Å². The van der Waals surface area contributed by atoms with E-state index >= 15 is 0 Å². The fourth-order valence-electron chi connectivity index (χ4n) is 3.18.